The highest BCUT2D eigenvalue weighted by Gasteiger charge is 2.28. The summed E-state index contributed by atoms with van der Waals surface area (Å²) < 4.78 is 47.3. The first-order chi connectivity index (χ1) is 17.1. The van der Waals surface area contributed by atoms with Crippen LogP contribution in [0.2, 0.25) is 0 Å². The lowest BCUT2D eigenvalue weighted by Gasteiger charge is -2.31. The van der Waals surface area contributed by atoms with Crippen molar-refractivity contribution in [1.82, 2.24) is 19.7 Å². The number of carbonyl (C=O) groups is 1. The summed E-state index contributed by atoms with van der Waals surface area (Å²) in [4.78, 5) is 27.5. The largest absolute Gasteiger partial charge is 0.475 e. The van der Waals surface area contributed by atoms with E-state index in [9.17, 15) is 17.6 Å². The van der Waals surface area contributed by atoms with E-state index in [2.05, 4.69) is 15.0 Å². The molecule has 0 saturated carbocycles. The molecular formula is C24H27FN6O4S. The van der Waals surface area contributed by atoms with Crippen LogP contribution >= 0.6 is 0 Å². The number of rotatable bonds is 7. The minimum absolute atomic E-state index is 0.00207. The second kappa shape index (κ2) is 10.4. The van der Waals surface area contributed by atoms with Crippen molar-refractivity contribution in [3.05, 3.63) is 54.2 Å². The third-order valence-corrected chi connectivity index (χ3v) is 6.65. The van der Waals surface area contributed by atoms with Gasteiger partial charge < -0.3 is 15.4 Å². The molecule has 4 heterocycles. The van der Waals surface area contributed by atoms with Crippen LogP contribution in [-0.4, -0.2) is 54.6 Å². The number of nitrogens with one attached hydrogen (secondary N) is 1. The fourth-order valence-electron chi connectivity index (χ4n) is 3.80. The summed E-state index contributed by atoms with van der Waals surface area (Å²) in [5.41, 5.74) is 6.73. The van der Waals surface area contributed by atoms with E-state index in [0.29, 0.717) is 36.5 Å². The first kappa shape index (κ1) is 25.3. The number of alkyl halides is 1. The second-order valence-electron chi connectivity index (χ2n) is 8.64. The Morgan fingerprint density at radius 3 is 2.67 bits per heavy atom. The lowest BCUT2D eigenvalue weighted by Crippen LogP contribution is -2.39. The first-order valence-corrected chi connectivity index (χ1v) is 12.9. The summed E-state index contributed by atoms with van der Waals surface area (Å²) in [6, 6.07) is 10.6. The maximum absolute atomic E-state index is 14.2. The van der Waals surface area contributed by atoms with Crippen LogP contribution in [0.25, 0.3) is 11.3 Å². The molecule has 3 aromatic rings. The molecule has 1 fully saturated rings. The number of piperidine rings is 1. The van der Waals surface area contributed by atoms with Crippen molar-refractivity contribution in [2.75, 3.05) is 23.7 Å². The van der Waals surface area contributed by atoms with Gasteiger partial charge in [0, 0.05) is 24.4 Å². The molecule has 1 atom stereocenters. The third-order valence-electron chi connectivity index (χ3n) is 5.42. The van der Waals surface area contributed by atoms with Crippen LogP contribution in [-0.2, 0) is 10.0 Å². The number of nitrogens with two attached hydrogens (primary N) is 1. The number of aromatic nitrogens is 3. The molecule has 0 bridgehead atoms. The summed E-state index contributed by atoms with van der Waals surface area (Å²) in [6.45, 7) is 4.31. The van der Waals surface area contributed by atoms with Gasteiger partial charge in [-0.3, -0.25) is 4.79 Å². The van der Waals surface area contributed by atoms with Crippen LogP contribution < -0.4 is 20.1 Å². The minimum Gasteiger partial charge on any atom is -0.475 e. The molecular weight excluding hydrogens is 487 g/mol. The van der Waals surface area contributed by atoms with E-state index in [1.165, 1.54) is 24.3 Å². The molecule has 4 rings (SSSR count). The molecule has 190 valence electrons. The number of pyridine rings is 3. The summed E-state index contributed by atoms with van der Waals surface area (Å²) >= 11 is 0. The van der Waals surface area contributed by atoms with Gasteiger partial charge in [-0.1, -0.05) is 6.07 Å². The average molecular weight is 515 g/mol. The first-order valence-electron chi connectivity index (χ1n) is 11.4. The second-order valence-corrected chi connectivity index (χ2v) is 10.3. The summed E-state index contributed by atoms with van der Waals surface area (Å²) in [6.07, 6.45) is 1.46. The van der Waals surface area contributed by atoms with Gasteiger partial charge in [-0.15, -0.1) is 0 Å². The van der Waals surface area contributed by atoms with Gasteiger partial charge in [0.1, 0.15) is 17.8 Å². The normalized spacial score (nSPS) is 16.1. The molecule has 36 heavy (non-hydrogen) atoms. The molecule has 3 N–H and O–H groups in total. The van der Waals surface area contributed by atoms with Crippen LogP contribution in [0.1, 0.15) is 37.0 Å². The lowest BCUT2D eigenvalue weighted by atomic mass is 10.1. The highest BCUT2D eigenvalue weighted by atomic mass is 32.2. The quantitative estimate of drug-likeness (QED) is 0.487. The number of hydrogen-bond donors (Lipinski definition) is 2. The molecule has 1 amide bonds. The van der Waals surface area contributed by atoms with Gasteiger partial charge in [0.15, 0.2) is 5.03 Å². The molecule has 12 heteroatoms. The van der Waals surface area contributed by atoms with Gasteiger partial charge in [-0.05, 0) is 57.0 Å². The van der Waals surface area contributed by atoms with Crippen molar-refractivity contribution in [2.24, 2.45) is 0 Å². The van der Waals surface area contributed by atoms with Crippen molar-refractivity contribution in [2.45, 2.75) is 44.0 Å². The zero-order chi connectivity index (χ0) is 25.9. The number of nitrogens with zero attached hydrogens (tertiary/aromatic N) is 4. The number of amides is 1. The van der Waals surface area contributed by atoms with Crippen LogP contribution in [0.3, 0.4) is 0 Å². The Morgan fingerprint density at radius 1 is 1.19 bits per heavy atom. The van der Waals surface area contributed by atoms with Gasteiger partial charge in [-0.25, -0.2) is 24.1 Å². The smallest absolute Gasteiger partial charge is 0.281 e. The van der Waals surface area contributed by atoms with Crippen molar-refractivity contribution >= 4 is 27.6 Å². The molecule has 1 aliphatic rings. The maximum atomic E-state index is 14.2. The Kier molecular flexibility index (Phi) is 7.34. The van der Waals surface area contributed by atoms with Crippen molar-refractivity contribution in [3.63, 3.8) is 0 Å². The topological polar surface area (TPSA) is 140 Å². The molecule has 10 nitrogen and oxygen atoms in total. The molecule has 1 unspecified atom stereocenters. The fraction of sp³-hybridized carbons (Fsp3) is 0.333. The van der Waals surface area contributed by atoms with E-state index in [1.807, 2.05) is 18.6 Å². The molecule has 0 aromatic carbocycles. The third kappa shape index (κ3) is 5.88. The van der Waals surface area contributed by atoms with Crippen LogP contribution in [0.15, 0.2) is 53.7 Å². The number of hydrogen-bond acceptors (Lipinski definition) is 9. The van der Waals surface area contributed by atoms with Gasteiger partial charge in [-0.2, -0.15) is 8.42 Å². The van der Waals surface area contributed by atoms with Gasteiger partial charge in [0.25, 0.3) is 15.9 Å². The Morgan fingerprint density at radius 2 is 2.00 bits per heavy atom. The van der Waals surface area contributed by atoms with Gasteiger partial charge in [0.05, 0.1) is 23.9 Å². The average Bonchev–Trinajstić information content (AvgIpc) is 2.83. The maximum Gasteiger partial charge on any atom is 0.281 e. The monoisotopic (exact) mass is 514 g/mol. The van der Waals surface area contributed by atoms with Crippen LogP contribution in [0.4, 0.5) is 16.0 Å². The van der Waals surface area contributed by atoms with Crippen molar-refractivity contribution in [3.8, 4) is 17.1 Å². The summed E-state index contributed by atoms with van der Waals surface area (Å²) in [5, 5.41) is -0.390. The van der Waals surface area contributed by atoms with E-state index in [0.717, 1.165) is 0 Å². The van der Waals surface area contributed by atoms with Crippen molar-refractivity contribution in [1.29, 1.82) is 0 Å². The van der Waals surface area contributed by atoms with E-state index >= 15 is 0 Å². The molecule has 1 aliphatic heterocycles. The predicted molar refractivity (Wildman–Crippen MR) is 133 cm³/mol. The molecule has 0 aliphatic carbocycles. The zero-order valence-corrected chi connectivity index (χ0v) is 20.7. The number of halogens is 1. The number of sulfonamides is 1. The van der Waals surface area contributed by atoms with Gasteiger partial charge >= 0.3 is 0 Å². The summed E-state index contributed by atoms with van der Waals surface area (Å²) in [5.74, 6) is -0.266. The van der Waals surface area contributed by atoms with Crippen LogP contribution in [0, 0.1) is 0 Å². The Bertz CT molecular complexity index is 1350. The molecule has 1 saturated heterocycles. The zero-order valence-electron chi connectivity index (χ0n) is 19.9. The standard InChI is InChI=1S/C24H27FN6O4S/c1-15(2)35-21-11-8-16(13-27-21)19-10-9-18(23(28-19)31-12-4-5-17(25)14-31)24(32)30-36(33,34)22-7-3-6-20(26)29-22/h3,6-11,13,15,17H,4-5,12,14H2,1-2H3,(H2,26,29)(H,30,32). The number of carbonyl (C=O) groups excluding carboxylic acids is 1. The molecule has 0 radical (unpaired) electrons. The number of anilines is 2. The van der Waals surface area contributed by atoms with E-state index < -0.39 is 27.1 Å². The lowest BCUT2D eigenvalue weighted by molar-refractivity contribution is 0.0981. The number of ether oxygens (including phenoxy) is 1. The molecule has 0 spiro atoms. The minimum atomic E-state index is -4.30. The van der Waals surface area contributed by atoms with E-state index in [4.69, 9.17) is 10.5 Å². The van der Waals surface area contributed by atoms with Gasteiger partial charge in [0.2, 0.25) is 5.88 Å². The molecule has 3 aromatic heterocycles. The van der Waals surface area contributed by atoms with Crippen molar-refractivity contribution < 1.29 is 22.3 Å². The SMILES string of the molecule is CC(C)Oc1ccc(-c2ccc(C(=O)NS(=O)(=O)c3cccc(N)n3)c(N3CCCC(F)C3)n2)cn1. The summed E-state index contributed by atoms with van der Waals surface area (Å²) in [7, 11) is -4.30. The fourth-order valence-corrected chi connectivity index (χ4v) is 4.74. The highest BCUT2D eigenvalue weighted by molar-refractivity contribution is 7.90. The van der Waals surface area contributed by atoms with E-state index in [-0.39, 0.29) is 29.8 Å². The van der Waals surface area contributed by atoms with Crippen LogP contribution in [0.5, 0.6) is 5.88 Å². The Hall–Kier alpha value is -3.80. The highest BCUT2D eigenvalue weighted by Crippen LogP contribution is 2.28. The van der Waals surface area contributed by atoms with E-state index in [1.54, 1.807) is 29.3 Å². The number of nitrogen functional groups attached to an aromatic ring is 1. The Balaban J connectivity index is 1.68. The Labute approximate surface area is 208 Å². The predicted octanol–water partition coefficient (Wildman–Crippen LogP) is 2.97.